The van der Waals surface area contributed by atoms with Crippen LogP contribution in [0.5, 0.6) is 0 Å². The number of para-hydroxylation sites is 1. The fourth-order valence-corrected chi connectivity index (χ4v) is 13.1. The predicted molar refractivity (Wildman–Crippen MR) is 155 cm³/mol. The number of nitriles is 1. The molecule has 178 valence electrons. The average molecular weight is 545 g/mol. The first kappa shape index (κ1) is 17.3. The number of pyridine rings is 1. The van der Waals surface area contributed by atoms with Crippen molar-refractivity contribution in [2.24, 2.45) is 0 Å². The number of fused-ring (bicyclic) bond motifs is 3. The molecule has 0 saturated carbocycles. The molecule has 0 spiro atoms. The summed E-state index contributed by atoms with van der Waals surface area (Å²) >= 11 is -3.34. The van der Waals surface area contributed by atoms with Crippen LogP contribution in [0, 0.1) is 25.0 Å². The summed E-state index contributed by atoms with van der Waals surface area (Å²) < 4.78 is 57.3. The molecule has 6 rings (SSSR count). The van der Waals surface area contributed by atoms with Crippen molar-refractivity contribution >= 4 is 48.4 Å². The molecule has 0 saturated heterocycles. The summed E-state index contributed by atoms with van der Waals surface area (Å²) in [4.78, 5) is 4.36. The first-order valence-electron chi connectivity index (χ1n) is 15.0. The van der Waals surface area contributed by atoms with Gasteiger partial charge in [0, 0.05) is 0 Å². The van der Waals surface area contributed by atoms with Gasteiger partial charge in [-0.05, 0) is 0 Å². The molecule has 0 fully saturated rings. The molecule has 0 amide bonds. The van der Waals surface area contributed by atoms with Gasteiger partial charge in [-0.3, -0.25) is 0 Å². The SMILES string of the molecule is [2H]C([2H])([2H])c1cnc(-c2cccc3c2oc2c(C#N)[c]([Ge]([CH3])([c]4ccccc4)[c]4ccccc4)ccc23)cc1C([2H])([2H])[2H]. The van der Waals surface area contributed by atoms with Crippen LogP contribution in [0.4, 0.5) is 0 Å². The third kappa shape index (κ3) is 3.68. The van der Waals surface area contributed by atoms with E-state index in [-0.39, 0.29) is 16.8 Å². The Morgan fingerprint density at radius 1 is 0.784 bits per heavy atom. The number of benzene rings is 4. The third-order valence-corrected chi connectivity index (χ3v) is 16.6. The Kier molecular flexibility index (Phi) is 4.25. The van der Waals surface area contributed by atoms with Gasteiger partial charge in [0.05, 0.1) is 0 Å². The number of aryl methyl sites for hydroxylation is 2. The fourth-order valence-electron chi connectivity index (χ4n) is 5.21. The number of rotatable bonds is 4. The average Bonchev–Trinajstić information content (AvgIpc) is 3.39. The summed E-state index contributed by atoms with van der Waals surface area (Å²) in [6.07, 6.45) is 1.11. The van der Waals surface area contributed by atoms with Crippen molar-refractivity contribution in [1.82, 2.24) is 4.98 Å². The van der Waals surface area contributed by atoms with Crippen LogP contribution in [-0.2, 0) is 0 Å². The van der Waals surface area contributed by atoms with Gasteiger partial charge < -0.3 is 0 Å². The molecule has 0 unspecified atom stereocenters. The monoisotopic (exact) mass is 546 g/mol. The number of hydrogen-bond donors (Lipinski definition) is 0. The van der Waals surface area contributed by atoms with Crippen molar-refractivity contribution in [3.63, 3.8) is 0 Å². The van der Waals surface area contributed by atoms with Gasteiger partial charge in [0.2, 0.25) is 0 Å². The summed E-state index contributed by atoms with van der Waals surface area (Å²) in [6.45, 7) is -5.29. The van der Waals surface area contributed by atoms with Gasteiger partial charge in [0.25, 0.3) is 0 Å². The van der Waals surface area contributed by atoms with Gasteiger partial charge in [-0.2, -0.15) is 0 Å². The van der Waals surface area contributed by atoms with Crippen LogP contribution in [0.2, 0.25) is 5.76 Å². The molecule has 4 heteroatoms. The van der Waals surface area contributed by atoms with Gasteiger partial charge in [0.1, 0.15) is 0 Å². The maximum atomic E-state index is 10.6. The maximum absolute atomic E-state index is 10.6. The van der Waals surface area contributed by atoms with E-state index in [4.69, 9.17) is 12.6 Å². The van der Waals surface area contributed by atoms with E-state index in [2.05, 4.69) is 47.1 Å². The van der Waals surface area contributed by atoms with Crippen LogP contribution in [0.1, 0.15) is 24.9 Å². The summed E-state index contributed by atoms with van der Waals surface area (Å²) in [5.74, 6) is 2.29. The Balaban J connectivity index is 1.62. The van der Waals surface area contributed by atoms with Crippen LogP contribution < -0.4 is 13.2 Å². The van der Waals surface area contributed by atoms with Crippen molar-refractivity contribution in [3.05, 3.63) is 120 Å². The van der Waals surface area contributed by atoms with Gasteiger partial charge in [-0.25, -0.2) is 0 Å². The summed E-state index contributed by atoms with van der Waals surface area (Å²) in [6, 6.07) is 33.9. The normalized spacial score (nSPS) is 14.7. The molecule has 0 atom stereocenters. The minimum absolute atomic E-state index is 0.276. The van der Waals surface area contributed by atoms with E-state index in [0.717, 1.165) is 21.4 Å². The molecule has 2 heterocycles. The molecule has 4 aromatic carbocycles. The van der Waals surface area contributed by atoms with E-state index >= 15 is 0 Å². The second-order valence-electron chi connectivity index (χ2n) is 9.23. The summed E-state index contributed by atoms with van der Waals surface area (Å²) in [5, 5.41) is 12.1. The predicted octanol–water partition coefficient (Wildman–Crippen LogP) is 6.24. The van der Waals surface area contributed by atoms with Crippen molar-refractivity contribution in [2.75, 3.05) is 0 Å². The molecule has 2 aromatic heterocycles. The van der Waals surface area contributed by atoms with Gasteiger partial charge in [-0.1, -0.05) is 0 Å². The minimum atomic E-state index is -3.34. The molecule has 0 radical (unpaired) electrons. The molecule has 0 bridgehead atoms. The van der Waals surface area contributed by atoms with Crippen LogP contribution in [0.15, 0.2) is 108 Å². The summed E-state index contributed by atoms with van der Waals surface area (Å²) in [5.41, 5.74) is 1.59. The molecule has 0 aliphatic carbocycles. The van der Waals surface area contributed by atoms with Crippen LogP contribution >= 0.6 is 0 Å². The van der Waals surface area contributed by atoms with E-state index in [9.17, 15) is 5.26 Å². The zero-order chi connectivity index (χ0) is 30.6. The fraction of sp³-hybridized carbons (Fsp3) is 0.0909. The molecule has 3 nitrogen and oxygen atoms in total. The second-order valence-corrected chi connectivity index (χ2v) is 17.5. The van der Waals surface area contributed by atoms with E-state index < -0.39 is 27.0 Å². The Morgan fingerprint density at radius 2 is 1.46 bits per heavy atom. The quantitative estimate of drug-likeness (QED) is 0.247. The van der Waals surface area contributed by atoms with E-state index in [1.807, 2.05) is 54.6 Å². The van der Waals surface area contributed by atoms with Crippen molar-refractivity contribution in [2.45, 2.75) is 19.5 Å². The molecule has 6 aromatic rings. The van der Waals surface area contributed by atoms with Crippen LogP contribution in [0.25, 0.3) is 33.2 Å². The number of nitrogens with zero attached hydrogens (tertiary/aromatic N) is 2. The number of aromatic nitrogens is 1. The molecular weight excluding hydrogens is 513 g/mol. The first-order chi connectivity index (χ1) is 20.4. The molecule has 0 aliphatic heterocycles. The Hall–Kier alpha value is -4.14. The zero-order valence-electron chi connectivity index (χ0n) is 26.1. The first-order valence-corrected chi connectivity index (χ1v) is 17.2. The Labute approximate surface area is 227 Å². The zero-order valence-corrected chi connectivity index (χ0v) is 22.2. The molecule has 0 aliphatic rings. The van der Waals surface area contributed by atoms with E-state index in [1.54, 1.807) is 6.07 Å². The third-order valence-electron chi connectivity index (χ3n) is 7.20. The number of hydrogen-bond acceptors (Lipinski definition) is 3. The van der Waals surface area contributed by atoms with Gasteiger partial charge in [0.15, 0.2) is 0 Å². The molecular formula is C33H26GeN2O. The van der Waals surface area contributed by atoms with E-state index in [0.29, 0.717) is 22.3 Å². The van der Waals surface area contributed by atoms with Crippen molar-refractivity contribution in [1.29, 1.82) is 5.26 Å². The van der Waals surface area contributed by atoms with Crippen LogP contribution in [0.3, 0.4) is 0 Å². The van der Waals surface area contributed by atoms with E-state index in [1.165, 1.54) is 14.9 Å². The Bertz CT molecular complexity index is 1990. The topological polar surface area (TPSA) is 49.8 Å². The van der Waals surface area contributed by atoms with Crippen LogP contribution in [-0.4, -0.2) is 18.3 Å². The standard InChI is InChI=1S/C33H26GeN2O/c1-22-19-31(36-21-23(22)2)28-16-10-15-26-27-17-18-30(29(20-35)33(27)37-32(26)28)34(3,24-11-6-4-7-12-24)25-13-8-5-9-14-25/h4-19,21H,1-3H3/i1D3,2D3. The number of furan rings is 1. The van der Waals surface area contributed by atoms with Gasteiger partial charge in [-0.15, -0.1) is 0 Å². The Morgan fingerprint density at radius 3 is 2.11 bits per heavy atom. The van der Waals surface area contributed by atoms with Crippen molar-refractivity contribution in [3.8, 4) is 17.3 Å². The molecule has 37 heavy (non-hydrogen) atoms. The second kappa shape index (κ2) is 9.06. The summed E-state index contributed by atoms with van der Waals surface area (Å²) in [7, 11) is 0. The molecule has 0 N–H and O–H groups in total. The van der Waals surface area contributed by atoms with Crippen molar-refractivity contribution < 1.29 is 12.6 Å². The van der Waals surface area contributed by atoms with Gasteiger partial charge >= 0.3 is 228 Å².